The number of hydrogen-bond donors (Lipinski definition) is 0. The number of carbonyl (C=O) groups excluding carboxylic acids is 1. The molecule has 0 unspecified atom stereocenters. The van der Waals surface area contributed by atoms with E-state index in [9.17, 15) is 4.79 Å². The van der Waals surface area contributed by atoms with Gasteiger partial charge in [0.2, 0.25) is 0 Å². The number of thioether (sulfide) groups is 1. The quantitative estimate of drug-likeness (QED) is 0.166. The summed E-state index contributed by atoms with van der Waals surface area (Å²) in [5.41, 5.74) is 4.39. The molecule has 0 spiro atoms. The Morgan fingerprint density at radius 1 is 1.05 bits per heavy atom. The second-order valence-electron chi connectivity index (χ2n) is 9.31. The Balaban J connectivity index is 1.24. The van der Waals surface area contributed by atoms with Crippen LogP contribution in [-0.4, -0.2) is 34.1 Å². The molecule has 3 heterocycles. The lowest BCUT2D eigenvalue weighted by atomic mass is 10.0. The van der Waals surface area contributed by atoms with E-state index in [0.717, 1.165) is 48.7 Å². The summed E-state index contributed by atoms with van der Waals surface area (Å²) in [7, 11) is 1.66. The minimum absolute atomic E-state index is 0.00267. The van der Waals surface area contributed by atoms with Crippen molar-refractivity contribution in [2.45, 2.75) is 23.9 Å². The maximum absolute atomic E-state index is 13.7. The van der Waals surface area contributed by atoms with E-state index in [-0.39, 0.29) is 11.9 Å². The maximum Gasteiger partial charge on any atom is 0.253 e. The Morgan fingerprint density at radius 2 is 1.85 bits per heavy atom. The van der Waals surface area contributed by atoms with Crippen LogP contribution >= 0.6 is 39.0 Å². The van der Waals surface area contributed by atoms with E-state index < -0.39 is 0 Å². The molecule has 1 atom stereocenters. The van der Waals surface area contributed by atoms with Gasteiger partial charge in [0.1, 0.15) is 5.75 Å². The van der Waals surface area contributed by atoms with Crippen LogP contribution in [0.4, 0.5) is 0 Å². The van der Waals surface area contributed by atoms with Gasteiger partial charge in [0.05, 0.1) is 29.5 Å². The zero-order chi connectivity index (χ0) is 26.8. The zero-order valence-electron chi connectivity index (χ0n) is 21.3. The molecule has 2 aromatic heterocycles. The van der Waals surface area contributed by atoms with Gasteiger partial charge in [-0.15, -0.1) is 23.1 Å². The van der Waals surface area contributed by atoms with Gasteiger partial charge in [-0.2, -0.15) is 5.10 Å². The Labute approximate surface area is 244 Å². The Kier molecular flexibility index (Phi) is 7.59. The summed E-state index contributed by atoms with van der Waals surface area (Å²) in [5.74, 6) is 1.10. The number of halogens is 1. The number of hydrogen-bond acceptors (Lipinski definition) is 5. The molecule has 1 aliphatic rings. The van der Waals surface area contributed by atoms with Gasteiger partial charge in [0.15, 0.2) is 0 Å². The van der Waals surface area contributed by atoms with Crippen molar-refractivity contribution in [1.29, 1.82) is 0 Å². The zero-order valence-corrected chi connectivity index (χ0v) is 24.5. The summed E-state index contributed by atoms with van der Waals surface area (Å²) >= 11 is 6.74. The molecular weight excluding hydrogens is 590 g/mol. The van der Waals surface area contributed by atoms with Crippen molar-refractivity contribution in [1.82, 2.24) is 9.58 Å². The van der Waals surface area contributed by atoms with Crippen LogP contribution in [0.5, 0.6) is 5.75 Å². The topological polar surface area (TPSA) is 46.8 Å². The van der Waals surface area contributed by atoms with E-state index >= 15 is 0 Å². The Morgan fingerprint density at radius 3 is 2.59 bits per heavy atom. The Bertz CT molecular complexity index is 1630. The number of amides is 1. The molecule has 0 fully saturated rings. The number of carbonyl (C=O) groups is 1. The molecule has 5 nitrogen and oxygen atoms in total. The number of benzene rings is 3. The van der Waals surface area contributed by atoms with E-state index in [4.69, 9.17) is 9.84 Å². The van der Waals surface area contributed by atoms with Gasteiger partial charge < -0.3 is 9.30 Å². The molecule has 8 heteroatoms. The van der Waals surface area contributed by atoms with Crippen molar-refractivity contribution < 1.29 is 9.53 Å². The average Bonchev–Trinajstić information content (AvgIpc) is 3.73. The van der Waals surface area contributed by atoms with Gasteiger partial charge in [-0.1, -0.05) is 64.5 Å². The second kappa shape index (κ2) is 11.4. The molecule has 5 aromatic rings. The number of thiophene rings is 1. The molecule has 39 heavy (non-hydrogen) atoms. The van der Waals surface area contributed by atoms with E-state index in [0.29, 0.717) is 12.2 Å². The molecule has 1 aliphatic heterocycles. The molecule has 0 radical (unpaired) electrons. The summed E-state index contributed by atoms with van der Waals surface area (Å²) < 4.78 is 8.66. The Hall–Kier alpha value is -3.33. The first kappa shape index (κ1) is 25.9. The third-order valence-corrected chi connectivity index (χ3v) is 9.32. The van der Waals surface area contributed by atoms with Crippen molar-refractivity contribution in [2.75, 3.05) is 12.9 Å². The molecule has 3 aromatic carbocycles. The summed E-state index contributed by atoms with van der Waals surface area (Å²) in [5, 5.41) is 9.72. The molecular formula is C31H26BrN3O2S2. The smallest absolute Gasteiger partial charge is 0.253 e. The predicted molar refractivity (Wildman–Crippen MR) is 164 cm³/mol. The van der Waals surface area contributed by atoms with Gasteiger partial charge in [0, 0.05) is 39.4 Å². The van der Waals surface area contributed by atoms with Crippen molar-refractivity contribution in [3.8, 4) is 5.75 Å². The van der Waals surface area contributed by atoms with Crippen LogP contribution in [0.1, 0.15) is 28.5 Å². The average molecular weight is 617 g/mol. The lowest BCUT2D eigenvalue weighted by Crippen LogP contribution is -2.28. The first-order chi connectivity index (χ1) is 19.1. The third-order valence-electron chi connectivity index (χ3n) is 6.84. The fraction of sp³-hybridized carbons (Fsp3) is 0.161. The van der Waals surface area contributed by atoms with Crippen LogP contribution in [0.3, 0.4) is 0 Å². The summed E-state index contributed by atoms with van der Waals surface area (Å²) in [6.07, 6.45) is 2.85. The SMILES string of the molecule is COc1ccc([C@H]2CC(c3cccs3)=NN2C(=O)CSc2cn(Cc3ccc(Br)cc3)c3ccccc23)cc1. The van der Waals surface area contributed by atoms with Crippen molar-refractivity contribution >= 4 is 61.6 Å². The van der Waals surface area contributed by atoms with Gasteiger partial charge in [-0.3, -0.25) is 4.79 Å². The number of rotatable bonds is 8. The number of aromatic nitrogens is 1. The first-order valence-corrected chi connectivity index (χ1v) is 15.3. The second-order valence-corrected chi connectivity index (χ2v) is 12.2. The van der Waals surface area contributed by atoms with Crippen LogP contribution in [0.25, 0.3) is 10.9 Å². The molecule has 6 rings (SSSR count). The third kappa shape index (κ3) is 5.55. The molecule has 0 saturated carbocycles. The van der Waals surface area contributed by atoms with Gasteiger partial charge >= 0.3 is 0 Å². The van der Waals surface area contributed by atoms with Gasteiger partial charge in [0.25, 0.3) is 5.91 Å². The summed E-state index contributed by atoms with van der Waals surface area (Å²) in [4.78, 5) is 15.9. The molecule has 0 saturated heterocycles. The van der Waals surface area contributed by atoms with E-state index in [2.05, 4.69) is 81.3 Å². The minimum atomic E-state index is -0.139. The minimum Gasteiger partial charge on any atom is -0.497 e. The number of hydrazone groups is 1. The number of ether oxygens (including phenoxy) is 1. The highest BCUT2D eigenvalue weighted by Crippen LogP contribution is 2.36. The fourth-order valence-corrected chi connectivity index (χ4v) is 6.80. The maximum atomic E-state index is 13.7. The van der Waals surface area contributed by atoms with Gasteiger partial charge in [-0.05, 0) is 52.9 Å². The fourth-order valence-electron chi connectivity index (χ4n) is 4.87. The van der Waals surface area contributed by atoms with Crippen LogP contribution in [0.2, 0.25) is 0 Å². The molecule has 196 valence electrons. The first-order valence-electron chi connectivity index (χ1n) is 12.6. The normalized spacial score (nSPS) is 15.1. The molecule has 0 aliphatic carbocycles. The highest BCUT2D eigenvalue weighted by molar-refractivity contribution is 9.10. The monoisotopic (exact) mass is 615 g/mol. The largest absolute Gasteiger partial charge is 0.497 e. The molecule has 1 amide bonds. The van der Waals surface area contributed by atoms with Crippen LogP contribution < -0.4 is 4.74 Å². The number of fused-ring (bicyclic) bond motifs is 1. The van der Waals surface area contributed by atoms with Crippen LogP contribution in [0, 0.1) is 0 Å². The van der Waals surface area contributed by atoms with E-state index in [1.807, 2.05) is 35.7 Å². The lowest BCUT2D eigenvalue weighted by molar-refractivity contribution is -0.130. The standard InChI is InChI=1S/C31H26BrN3O2S2/c1-37-24-14-10-22(11-15-24)28-17-26(29-7-4-16-38-29)33-35(28)31(36)20-39-30-19-34(27-6-3-2-5-25(27)30)18-21-8-12-23(32)13-9-21/h2-16,19,28H,17-18,20H2,1H3/t28-/m1/s1. The van der Waals surface area contributed by atoms with E-state index in [1.165, 1.54) is 5.56 Å². The lowest BCUT2D eigenvalue weighted by Gasteiger charge is -2.22. The van der Waals surface area contributed by atoms with Crippen molar-refractivity contribution in [3.63, 3.8) is 0 Å². The van der Waals surface area contributed by atoms with Crippen LogP contribution in [0.15, 0.2) is 111 Å². The van der Waals surface area contributed by atoms with Crippen LogP contribution in [-0.2, 0) is 11.3 Å². The predicted octanol–water partition coefficient (Wildman–Crippen LogP) is 7.99. The molecule has 0 bridgehead atoms. The van der Waals surface area contributed by atoms with Crippen molar-refractivity contribution in [2.24, 2.45) is 5.10 Å². The molecule has 0 N–H and O–H groups in total. The highest BCUT2D eigenvalue weighted by Gasteiger charge is 2.33. The number of para-hydroxylation sites is 1. The van der Waals surface area contributed by atoms with Crippen molar-refractivity contribution in [3.05, 3.63) is 117 Å². The van der Waals surface area contributed by atoms with Gasteiger partial charge in [-0.25, -0.2) is 5.01 Å². The van der Waals surface area contributed by atoms with E-state index in [1.54, 1.807) is 35.2 Å². The highest BCUT2D eigenvalue weighted by atomic mass is 79.9. The summed E-state index contributed by atoms with van der Waals surface area (Å²) in [6.45, 7) is 0.766. The number of nitrogens with zero attached hydrogens (tertiary/aromatic N) is 3. The number of methoxy groups -OCH3 is 1. The summed E-state index contributed by atoms with van der Waals surface area (Å²) in [6, 6.07) is 28.7.